The molecule has 7 nitrogen and oxygen atoms in total. The molecule has 1 heterocycles. The van der Waals surface area contributed by atoms with Gasteiger partial charge < -0.3 is 24.8 Å². The normalized spacial score (nSPS) is 20.5. The predicted octanol–water partition coefficient (Wildman–Crippen LogP) is 5.12. The van der Waals surface area contributed by atoms with Crippen LogP contribution in [0.2, 0.25) is 0 Å². The molecule has 0 aromatic heterocycles. The van der Waals surface area contributed by atoms with Gasteiger partial charge in [-0.05, 0) is 58.1 Å². The van der Waals surface area contributed by atoms with Crippen molar-refractivity contribution in [3.05, 3.63) is 23.5 Å². The highest BCUT2D eigenvalue weighted by Crippen LogP contribution is 2.37. The predicted molar refractivity (Wildman–Crippen MR) is 108 cm³/mol. The van der Waals surface area contributed by atoms with Gasteiger partial charge in [0, 0.05) is 19.1 Å². The highest BCUT2D eigenvalue weighted by molar-refractivity contribution is 5.89. The number of aromatic carboxylic acids is 1. The van der Waals surface area contributed by atoms with Crippen LogP contribution in [0.4, 0.5) is 28.0 Å². The molecule has 3 atom stereocenters. The average Bonchev–Trinajstić information content (AvgIpc) is 2.61. The van der Waals surface area contributed by atoms with Gasteiger partial charge in [-0.25, -0.2) is 14.0 Å². The molecule has 1 unspecified atom stereocenters. The van der Waals surface area contributed by atoms with Crippen molar-refractivity contribution in [1.82, 2.24) is 4.90 Å². The average molecular weight is 464 g/mol. The van der Waals surface area contributed by atoms with E-state index in [1.807, 2.05) is 6.92 Å². The molecular weight excluding hydrogens is 436 g/mol. The van der Waals surface area contributed by atoms with Crippen molar-refractivity contribution >= 4 is 17.7 Å². The number of carboxylic acids is 1. The standard InChI is InChI=1S/C21H28F4N2O5/c1-11-10-27(19(30)32-20(3,4)5)7-6-14(11)12(2)26-16-9-13(18(28)29)8-15(22)17(16)31-21(23,24)25/h8-9,11-12,14,26H,6-7,10H2,1-5H3,(H,28,29)/t11-,12?,14+/m1/s1. The molecule has 32 heavy (non-hydrogen) atoms. The van der Waals surface area contributed by atoms with E-state index in [9.17, 15) is 27.2 Å². The number of likely N-dealkylation sites (tertiary alicyclic amines) is 1. The van der Waals surface area contributed by atoms with Crippen molar-refractivity contribution in [3.8, 4) is 5.75 Å². The Bertz CT molecular complexity index is 854. The Morgan fingerprint density at radius 1 is 1.25 bits per heavy atom. The van der Waals surface area contributed by atoms with Crippen molar-refractivity contribution in [2.24, 2.45) is 11.8 Å². The molecule has 1 fully saturated rings. The maximum atomic E-state index is 14.3. The number of rotatable bonds is 5. The SMILES string of the molecule is CC(Nc1cc(C(=O)O)cc(F)c1OC(F)(F)F)[C@H]1CCN(C(=O)OC(C)(C)C)C[C@H]1C. The third-order valence-electron chi connectivity index (χ3n) is 5.16. The maximum absolute atomic E-state index is 14.3. The summed E-state index contributed by atoms with van der Waals surface area (Å²) in [6, 6.07) is 0.912. The Morgan fingerprint density at radius 3 is 2.38 bits per heavy atom. The fourth-order valence-corrected chi connectivity index (χ4v) is 3.79. The van der Waals surface area contributed by atoms with E-state index in [1.54, 1.807) is 32.6 Å². The molecule has 0 aliphatic carbocycles. The fraction of sp³-hybridized carbons (Fsp3) is 0.619. The number of carbonyl (C=O) groups is 2. The molecule has 0 saturated carbocycles. The van der Waals surface area contributed by atoms with Gasteiger partial charge in [0.2, 0.25) is 0 Å². The van der Waals surface area contributed by atoms with Crippen LogP contribution in [-0.2, 0) is 4.74 Å². The number of halogens is 4. The molecular formula is C21H28F4N2O5. The third kappa shape index (κ3) is 6.89. The van der Waals surface area contributed by atoms with Gasteiger partial charge in [-0.3, -0.25) is 0 Å². The lowest BCUT2D eigenvalue weighted by atomic mass is 9.82. The quantitative estimate of drug-likeness (QED) is 0.589. The van der Waals surface area contributed by atoms with Gasteiger partial charge in [0.1, 0.15) is 5.60 Å². The molecule has 1 aliphatic rings. The van der Waals surface area contributed by atoms with Gasteiger partial charge in [-0.2, -0.15) is 0 Å². The number of nitrogens with one attached hydrogen (secondary N) is 1. The third-order valence-corrected chi connectivity index (χ3v) is 5.16. The van der Waals surface area contributed by atoms with Gasteiger partial charge in [0.15, 0.2) is 11.6 Å². The van der Waals surface area contributed by atoms with E-state index in [0.29, 0.717) is 25.6 Å². The second-order valence-electron chi connectivity index (χ2n) is 8.98. The zero-order valence-corrected chi connectivity index (χ0v) is 18.5. The molecule has 0 spiro atoms. The summed E-state index contributed by atoms with van der Waals surface area (Å²) >= 11 is 0. The number of alkyl halides is 3. The molecule has 1 aliphatic heterocycles. The minimum atomic E-state index is -5.16. The summed E-state index contributed by atoms with van der Waals surface area (Å²) in [7, 11) is 0. The number of hydrogen-bond acceptors (Lipinski definition) is 5. The van der Waals surface area contributed by atoms with E-state index in [-0.39, 0.29) is 11.8 Å². The zero-order valence-electron chi connectivity index (χ0n) is 18.5. The molecule has 11 heteroatoms. The van der Waals surface area contributed by atoms with Gasteiger partial charge in [0.05, 0.1) is 11.3 Å². The summed E-state index contributed by atoms with van der Waals surface area (Å²) in [6.45, 7) is 9.63. The number of piperidine rings is 1. The van der Waals surface area contributed by atoms with Crippen LogP contribution in [0.3, 0.4) is 0 Å². The molecule has 1 aromatic rings. The minimum Gasteiger partial charge on any atom is -0.478 e. The number of ether oxygens (including phenoxy) is 2. The van der Waals surface area contributed by atoms with E-state index < -0.39 is 52.9 Å². The summed E-state index contributed by atoms with van der Waals surface area (Å²) in [6.07, 6.45) is -5.08. The number of anilines is 1. The first-order chi connectivity index (χ1) is 14.6. The Morgan fingerprint density at radius 2 is 1.88 bits per heavy atom. The van der Waals surface area contributed by atoms with E-state index in [1.165, 1.54) is 0 Å². The zero-order chi connectivity index (χ0) is 24.4. The van der Waals surface area contributed by atoms with Crippen LogP contribution in [0, 0.1) is 17.7 Å². The monoisotopic (exact) mass is 464 g/mol. The second-order valence-corrected chi connectivity index (χ2v) is 8.98. The first kappa shape index (κ1) is 25.5. The van der Waals surface area contributed by atoms with E-state index in [2.05, 4.69) is 10.1 Å². The fourth-order valence-electron chi connectivity index (χ4n) is 3.79. The van der Waals surface area contributed by atoms with Gasteiger partial charge in [0.25, 0.3) is 0 Å². The summed E-state index contributed by atoms with van der Waals surface area (Å²) in [4.78, 5) is 25.1. The first-order valence-electron chi connectivity index (χ1n) is 10.1. The number of nitrogens with zero attached hydrogens (tertiary/aromatic N) is 1. The van der Waals surface area contributed by atoms with E-state index >= 15 is 0 Å². The van der Waals surface area contributed by atoms with Crippen molar-refractivity contribution < 1.29 is 41.7 Å². The molecule has 1 amide bonds. The highest BCUT2D eigenvalue weighted by Gasteiger charge is 2.37. The van der Waals surface area contributed by atoms with Gasteiger partial charge in [-0.15, -0.1) is 13.2 Å². The van der Waals surface area contributed by atoms with E-state index in [0.717, 1.165) is 6.07 Å². The molecule has 2 N–H and O–H groups in total. The number of benzene rings is 1. The molecule has 1 saturated heterocycles. The van der Waals surface area contributed by atoms with E-state index in [4.69, 9.17) is 9.84 Å². The Labute approximate surface area is 183 Å². The van der Waals surface area contributed by atoms with Crippen LogP contribution in [0.15, 0.2) is 12.1 Å². The number of carbonyl (C=O) groups excluding carboxylic acids is 1. The Balaban J connectivity index is 2.19. The van der Waals surface area contributed by atoms with Crippen LogP contribution >= 0.6 is 0 Å². The summed E-state index contributed by atoms with van der Waals surface area (Å²) in [5.41, 5.74) is -1.56. The molecule has 180 valence electrons. The van der Waals surface area contributed by atoms with Crippen molar-refractivity contribution in [1.29, 1.82) is 0 Å². The molecule has 0 bridgehead atoms. The summed E-state index contributed by atoms with van der Waals surface area (Å²) < 4.78 is 61.8. The lowest BCUT2D eigenvalue weighted by Gasteiger charge is -2.40. The number of carboxylic acid groups (broad SMARTS) is 1. The number of hydrogen-bond donors (Lipinski definition) is 2. The molecule has 1 aromatic carbocycles. The first-order valence-corrected chi connectivity index (χ1v) is 10.1. The second kappa shape index (κ2) is 9.41. The smallest absolute Gasteiger partial charge is 0.478 e. The Hall–Kier alpha value is -2.72. The molecule has 0 radical (unpaired) electrons. The van der Waals surface area contributed by atoms with Crippen LogP contribution in [-0.4, -0.2) is 53.2 Å². The van der Waals surface area contributed by atoms with Crippen LogP contribution in [0.5, 0.6) is 5.75 Å². The number of amides is 1. The minimum absolute atomic E-state index is 0.0572. The van der Waals surface area contributed by atoms with Crippen LogP contribution in [0.1, 0.15) is 51.4 Å². The van der Waals surface area contributed by atoms with Crippen molar-refractivity contribution in [2.45, 2.75) is 59.0 Å². The Kier molecular flexibility index (Phi) is 7.51. The van der Waals surface area contributed by atoms with Crippen molar-refractivity contribution in [3.63, 3.8) is 0 Å². The maximum Gasteiger partial charge on any atom is 0.573 e. The van der Waals surface area contributed by atoms with Crippen LogP contribution in [0.25, 0.3) is 0 Å². The van der Waals surface area contributed by atoms with Gasteiger partial charge in [-0.1, -0.05) is 6.92 Å². The summed E-state index contributed by atoms with van der Waals surface area (Å²) in [5.74, 6) is -4.20. The molecule has 2 rings (SSSR count). The highest BCUT2D eigenvalue weighted by atomic mass is 19.4. The lowest BCUT2D eigenvalue weighted by Crippen LogP contribution is -2.48. The lowest BCUT2D eigenvalue weighted by molar-refractivity contribution is -0.275. The largest absolute Gasteiger partial charge is 0.573 e. The van der Waals surface area contributed by atoms with Crippen molar-refractivity contribution in [2.75, 3.05) is 18.4 Å². The van der Waals surface area contributed by atoms with Crippen LogP contribution < -0.4 is 10.1 Å². The van der Waals surface area contributed by atoms with Gasteiger partial charge >= 0.3 is 18.4 Å². The topological polar surface area (TPSA) is 88.1 Å². The summed E-state index contributed by atoms with van der Waals surface area (Å²) in [5, 5.41) is 11.9.